The Morgan fingerprint density at radius 1 is 0.667 bits per heavy atom. The predicted molar refractivity (Wildman–Crippen MR) is 89.7 cm³/mol. The maximum atomic E-state index is 6.59. The van der Waals surface area contributed by atoms with E-state index in [2.05, 4.69) is 18.2 Å². The first kappa shape index (κ1) is 12.4. The van der Waals surface area contributed by atoms with Gasteiger partial charge in [0, 0.05) is 16.3 Å². The molecule has 3 aromatic carbocycles. The molecule has 0 radical (unpaired) electrons. The molecule has 0 saturated carbocycles. The van der Waals surface area contributed by atoms with Crippen molar-refractivity contribution in [2.75, 3.05) is 0 Å². The van der Waals surface area contributed by atoms with Gasteiger partial charge in [0.2, 0.25) is 0 Å². The van der Waals surface area contributed by atoms with Gasteiger partial charge >= 0.3 is 0 Å². The molecule has 4 aromatic rings. The van der Waals surface area contributed by atoms with Gasteiger partial charge < -0.3 is 0 Å². The molecule has 100 valence electrons. The second-order valence-electron chi connectivity index (χ2n) is 5.01. The van der Waals surface area contributed by atoms with Crippen LogP contribution in [0.15, 0.2) is 72.8 Å². The van der Waals surface area contributed by atoms with Crippen molar-refractivity contribution >= 4 is 33.4 Å². The van der Waals surface area contributed by atoms with Crippen LogP contribution < -0.4 is 0 Å². The molecule has 21 heavy (non-hydrogen) atoms. The number of hydrogen-bond acceptors (Lipinski definition) is 1. The van der Waals surface area contributed by atoms with Gasteiger partial charge in [-0.15, -0.1) is 0 Å². The second kappa shape index (κ2) is 4.87. The van der Waals surface area contributed by atoms with Crippen molar-refractivity contribution in [3.05, 3.63) is 77.8 Å². The Balaban J connectivity index is 2.15. The quantitative estimate of drug-likeness (QED) is 0.409. The standard InChI is InChI=1S/C19H12ClN/c20-18-15-9-4-5-12-17(15)21-19-14(10-6-11-16(18)19)13-7-2-1-3-8-13/h1-12H. The van der Waals surface area contributed by atoms with Gasteiger partial charge in [-0.05, 0) is 11.6 Å². The zero-order valence-corrected chi connectivity index (χ0v) is 12.0. The first-order valence-corrected chi connectivity index (χ1v) is 7.25. The van der Waals surface area contributed by atoms with Crippen molar-refractivity contribution in [3.63, 3.8) is 0 Å². The molecule has 0 amide bonds. The van der Waals surface area contributed by atoms with Crippen molar-refractivity contribution < 1.29 is 0 Å². The highest BCUT2D eigenvalue weighted by Crippen LogP contribution is 2.35. The maximum absolute atomic E-state index is 6.59. The number of fused-ring (bicyclic) bond motifs is 2. The number of hydrogen-bond donors (Lipinski definition) is 0. The second-order valence-corrected chi connectivity index (χ2v) is 5.39. The molecule has 0 N–H and O–H groups in total. The summed E-state index contributed by atoms with van der Waals surface area (Å²) in [7, 11) is 0. The molecule has 0 saturated heterocycles. The van der Waals surface area contributed by atoms with E-state index in [9.17, 15) is 0 Å². The van der Waals surface area contributed by atoms with Gasteiger partial charge in [-0.1, -0.05) is 78.3 Å². The van der Waals surface area contributed by atoms with Crippen LogP contribution in [0.4, 0.5) is 0 Å². The Morgan fingerprint density at radius 2 is 1.38 bits per heavy atom. The Bertz CT molecular complexity index is 945. The van der Waals surface area contributed by atoms with Crippen molar-refractivity contribution in [1.29, 1.82) is 0 Å². The summed E-state index contributed by atoms with van der Waals surface area (Å²) in [5.74, 6) is 0. The zero-order valence-electron chi connectivity index (χ0n) is 11.3. The lowest BCUT2D eigenvalue weighted by Crippen LogP contribution is -1.88. The van der Waals surface area contributed by atoms with E-state index in [0.717, 1.165) is 38.0 Å². The summed E-state index contributed by atoms with van der Waals surface area (Å²) in [4.78, 5) is 4.83. The molecule has 0 aliphatic rings. The number of halogens is 1. The third-order valence-corrected chi connectivity index (χ3v) is 4.14. The number of nitrogens with zero attached hydrogens (tertiary/aromatic N) is 1. The van der Waals surface area contributed by atoms with Gasteiger partial charge in [0.05, 0.1) is 16.1 Å². The van der Waals surface area contributed by atoms with Gasteiger partial charge in [0.25, 0.3) is 0 Å². The molecule has 0 fully saturated rings. The molecule has 0 unspecified atom stereocenters. The lowest BCUT2D eigenvalue weighted by atomic mass is 10.0. The van der Waals surface area contributed by atoms with E-state index in [1.165, 1.54) is 0 Å². The normalized spacial score (nSPS) is 11.1. The first-order chi connectivity index (χ1) is 10.3. The summed E-state index contributed by atoms with van der Waals surface area (Å²) in [6.07, 6.45) is 0. The third-order valence-electron chi connectivity index (χ3n) is 3.73. The lowest BCUT2D eigenvalue weighted by Gasteiger charge is -2.09. The fourth-order valence-corrected chi connectivity index (χ4v) is 3.03. The topological polar surface area (TPSA) is 12.9 Å². The van der Waals surface area contributed by atoms with Crippen LogP contribution >= 0.6 is 11.6 Å². The minimum atomic E-state index is 0.772. The fourth-order valence-electron chi connectivity index (χ4n) is 2.71. The molecule has 0 aliphatic heterocycles. The minimum Gasteiger partial charge on any atom is -0.247 e. The van der Waals surface area contributed by atoms with Crippen molar-refractivity contribution in [2.24, 2.45) is 0 Å². The third kappa shape index (κ3) is 1.98. The Kier molecular flexibility index (Phi) is 2.87. The Labute approximate surface area is 127 Å². The molecule has 0 spiro atoms. The van der Waals surface area contributed by atoms with Crippen molar-refractivity contribution in [2.45, 2.75) is 0 Å². The first-order valence-electron chi connectivity index (χ1n) is 6.87. The SMILES string of the molecule is Clc1c2ccccc2nc2c(-c3ccccc3)cccc12. The summed E-state index contributed by atoms with van der Waals surface area (Å²) in [5.41, 5.74) is 4.15. The summed E-state index contributed by atoms with van der Waals surface area (Å²) >= 11 is 6.59. The van der Waals surface area contributed by atoms with Crippen LogP contribution in [0.5, 0.6) is 0 Å². The van der Waals surface area contributed by atoms with Crippen LogP contribution in [0.3, 0.4) is 0 Å². The van der Waals surface area contributed by atoms with Gasteiger partial charge in [-0.25, -0.2) is 4.98 Å². The molecule has 0 bridgehead atoms. The average molecular weight is 290 g/mol. The van der Waals surface area contributed by atoms with E-state index in [1.54, 1.807) is 0 Å². The molecular weight excluding hydrogens is 278 g/mol. The number of rotatable bonds is 1. The molecule has 1 nitrogen and oxygen atoms in total. The molecule has 0 aliphatic carbocycles. The van der Waals surface area contributed by atoms with Crippen LogP contribution in [0.25, 0.3) is 32.9 Å². The van der Waals surface area contributed by atoms with Gasteiger partial charge in [-0.3, -0.25) is 0 Å². The molecule has 4 rings (SSSR count). The lowest BCUT2D eigenvalue weighted by molar-refractivity contribution is 1.49. The average Bonchev–Trinajstić information content (AvgIpc) is 2.56. The largest absolute Gasteiger partial charge is 0.247 e. The predicted octanol–water partition coefficient (Wildman–Crippen LogP) is 5.71. The van der Waals surface area contributed by atoms with E-state index in [-0.39, 0.29) is 0 Å². The van der Waals surface area contributed by atoms with E-state index in [1.807, 2.05) is 54.6 Å². The molecule has 1 aromatic heterocycles. The molecule has 1 heterocycles. The highest BCUT2D eigenvalue weighted by Gasteiger charge is 2.10. The highest BCUT2D eigenvalue weighted by atomic mass is 35.5. The van der Waals surface area contributed by atoms with Gasteiger partial charge in [-0.2, -0.15) is 0 Å². The number of aromatic nitrogens is 1. The van der Waals surface area contributed by atoms with Crippen LogP contribution in [0.2, 0.25) is 5.02 Å². The van der Waals surface area contributed by atoms with Crippen LogP contribution in [0.1, 0.15) is 0 Å². The number of pyridine rings is 1. The van der Waals surface area contributed by atoms with Crippen LogP contribution in [-0.4, -0.2) is 4.98 Å². The Hall–Kier alpha value is -2.38. The van der Waals surface area contributed by atoms with Gasteiger partial charge in [0.15, 0.2) is 0 Å². The fraction of sp³-hybridized carbons (Fsp3) is 0. The van der Waals surface area contributed by atoms with Gasteiger partial charge in [0.1, 0.15) is 0 Å². The minimum absolute atomic E-state index is 0.772. The highest BCUT2D eigenvalue weighted by molar-refractivity contribution is 6.40. The van der Waals surface area contributed by atoms with Crippen molar-refractivity contribution in [1.82, 2.24) is 4.98 Å². The molecular formula is C19H12ClN. The van der Waals surface area contributed by atoms with E-state index < -0.39 is 0 Å². The number of benzene rings is 3. The summed E-state index contributed by atoms with van der Waals surface area (Å²) in [5, 5.41) is 2.77. The van der Waals surface area contributed by atoms with E-state index >= 15 is 0 Å². The van der Waals surface area contributed by atoms with E-state index in [4.69, 9.17) is 16.6 Å². The maximum Gasteiger partial charge on any atom is 0.0803 e. The summed E-state index contributed by atoms with van der Waals surface area (Å²) in [6.45, 7) is 0. The monoisotopic (exact) mass is 289 g/mol. The molecule has 0 atom stereocenters. The number of para-hydroxylation sites is 2. The van der Waals surface area contributed by atoms with E-state index in [0.29, 0.717) is 0 Å². The smallest absolute Gasteiger partial charge is 0.0803 e. The van der Waals surface area contributed by atoms with Crippen LogP contribution in [0, 0.1) is 0 Å². The summed E-state index contributed by atoms with van der Waals surface area (Å²) in [6, 6.07) is 24.4. The summed E-state index contributed by atoms with van der Waals surface area (Å²) < 4.78 is 0. The zero-order chi connectivity index (χ0) is 14.2. The Morgan fingerprint density at radius 3 is 2.24 bits per heavy atom. The molecule has 2 heteroatoms. The van der Waals surface area contributed by atoms with Crippen LogP contribution in [-0.2, 0) is 0 Å². The van der Waals surface area contributed by atoms with Crippen molar-refractivity contribution in [3.8, 4) is 11.1 Å².